The first-order valence-electron chi connectivity index (χ1n) is 6.03. The highest BCUT2D eigenvalue weighted by atomic mass is 19.1. The molecular formula is C11H13FN2O7. The van der Waals surface area contributed by atoms with E-state index in [9.17, 15) is 18.8 Å². The number of carbonyl (C=O) groups is 1. The van der Waals surface area contributed by atoms with E-state index >= 15 is 0 Å². The lowest BCUT2D eigenvalue weighted by Crippen LogP contribution is -2.34. The standard InChI is InChI=1S/C11H13FN2O7/c1-5(16)20-21-7-2-9(19-8(7)4-15)14-3-6(12)10(17)13-11(14)18/h3,7-9,15H,2,4H2,1H3,(H,13,17,18)/t7?,8-,9-/m0/s1. The lowest BCUT2D eigenvalue weighted by molar-refractivity contribution is -0.303. The molecule has 9 nitrogen and oxygen atoms in total. The average molecular weight is 304 g/mol. The van der Waals surface area contributed by atoms with Crippen LogP contribution in [0.3, 0.4) is 0 Å². The Balaban J connectivity index is 2.19. The van der Waals surface area contributed by atoms with Gasteiger partial charge in [0.05, 0.1) is 12.8 Å². The van der Waals surface area contributed by atoms with Gasteiger partial charge in [0.15, 0.2) is 0 Å². The molecule has 1 aliphatic rings. The molecule has 1 aliphatic heterocycles. The molecule has 0 radical (unpaired) electrons. The number of halogens is 1. The minimum Gasteiger partial charge on any atom is -0.394 e. The summed E-state index contributed by atoms with van der Waals surface area (Å²) < 4.78 is 19.4. The summed E-state index contributed by atoms with van der Waals surface area (Å²) in [5.41, 5.74) is -2.00. The molecule has 116 valence electrons. The summed E-state index contributed by atoms with van der Waals surface area (Å²) in [6.45, 7) is 0.673. The first-order valence-corrected chi connectivity index (χ1v) is 6.03. The topological polar surface area (TPSA) is 120 Å². The molecule has 1 saturated heterocycles. The van der Waals surface area contributed by atoms with Gasteiger partial charge in [0.25, 0.3) is 5.56 Å². The molecule has 10 heteroatoms. The predicted molar refractivity (Wildman–Crippen MR) is 63.5 cm³/mol. The Labute approximate surface area is 116 Å². The van der Waals surface area contributed by atoms with E-state index in [2.05, 4.69) is 4.89 Å². The van der Waals surface area contributed by atoms with Crippen LogP contribution in [0.1, 0.15) is 19.6 Å². The van der Waals surface area contributed by atoms with Crippen LogP contribution in [0.4, 0.5) is 4.39 Å². The fraction of sp³-hybridized carbons (Fsp3) is 0.545. The van der Waals surface area contributed by atoms with E-state index in [1.165, 1.54) is 0 Å². The zero-order valence-electron chi connectivity index (χ0n) is 10.9. The van der Waals surface area contributed by atoms with Crippen molar-refractivity contribution in [2.24, 2.45) is 0 Å². The van der Waals surface area contributed by atoms with Gasteiger partial charge in [-0.15, -0.1) is 0 Å². The second-order valence-electron chi connectivity index (χ2n) is 4.40. The Morgan fingerprint density at radius 3 is 2.95 bits per heavy atom. The monoisotopic (exact) mass is 304 g/mol. The molecule has 0 saturated carbocycles. The fourth-order valence-corrected chi connectivity index (χ4v) is 1.94. The SMILES string of the molecule is CC(=O)OOC1C[C@@H](n2cc(F)c(=O)[nH]c2=O)O[C@H]1CO. The number of ether oxygens (including phenoxy) is 1. The predicted octanol–water partition coefficient (Wildman–Crippen LogP) is -1.18. The number of aliphatic hydroxyl groups excluding tert-OH is 1. The normalized spacial score (nSPS) is 25.0. The van der Waals surface area contributed by atoms with Crippen LogP contribution in [0, 0.1) is 5.82 Å². The van der Waals surface area contributed by atoms with Crippen LogP contribution in [-0.4, -0.2) is 39.4 Å². The van der Waals surface area contributed by atoms with Crippen molar-refractivity contribution in [3.05, 3.63) is 32.9 Å². The van der Waals surface area contributed by atoms with E-state index in [4.69, 9.17) is 14.7 Å². The van der Waals surface area contributed by atoms with E-state index < -0.39 is 48.1 Å². The van der Waals surface area contributed by atoms with Crippen LogP contribution in [0.25, 0.3) is 0 Å². The average Bonchev–Trinajstić information content (AvgIpc) is 2.83. The number of nitrogens with zero attached hydrogens (tertiary/aromatic N) is 1. The number of H-pyrrole nitrogens is 1. The van der Waals surface area contributed by atoms with Crippen LogP contribution in [-0.2, 0) is 19.3 Å². The molecule has 1 fully saturated rings. The smallest absolute Gasteiger partial charge is 0.339 e. The molecule has 1 aromatic heterocycles. The highest BCUT2D eigenvalue weighted by Crippen LogP contribution is 2.29. The largest absolute Gasteiger partial charge is 0.394 e. The summed E-state index contributed by atoms with van der Waals surface area (Å²) in [4.78, 5) is 44.2. The Morgan fingerprint density at radius 2 is 2.33 bits per heavy atom. The molecule has 2 heterocycles. The van der Waals surface area contributed by atoms with Crippen LogP contribution >= 0.6 is 0 Å². The van der Waals surface area contributed by atoms with Gasteiger partial charge in [-0.3, -0.25) is 19.2 Å². The maximum absolute atomic E-state index is 13.2. The zero-order valence-corrected chi connectivity index (χ0v) is 10.9. The van der Waals surface area contributed by atoms with Crippen molar-refractivity contribution in [2.45, 2.75) is 31.8 Å². The zero-order chi connectivity index (χ0) is 15.6. The number of nitrogens with one attached hydrogen (secondary N) is 1. The lowest BCUT2D eigenvalue weighted by Gasteiger charge is -2.14. The third-order valence-corrected chi connectivity index (χ3v) is 2.88. The molecule has 0 amide bonds. The first kappa shape index (κ1) is 15.4. The summed E-state index contributed by atoms with van der Waals surface area (Å²) >= 11 is 0. The van der Waals surface area contributed by atoms with Crippen LogP contribution in [0.5, 0.6) is 0 Å². The van der Waals surface area contributed by atoms with Gasteiger partial charge in [0, 0.05) is 13.3 Å². The summed E-state index contributed by atoms with van der Waals surface area (Å²) in [5.74, 6) is -1.84. The Kier molecular flexibility index (Phi) is 4.50. The summed E-state index contributed by atoms with van der Waals surface area (Å²) in [5, 5.41) is 9.17. The molecule has 2 N–H and O–H groups in total. The Morgan fingerprint density at radius 1 is 1.62 bits per heavy atom. The third kappa shape index (κ3) is 3.35. The number of rotatable bonds is 4. The highest BCUT2D eigenvalue weighted by Gasteiger charge is 2.38. The van der Waals surface area contributed by atoms with Crippen molar-refractivity contribution < 1.29 is 28.8 Å². The lowest BCUT2D eigenvalue weighted by atomic mass is 10.2. The van der Waals surface area contributed by atoms with Crippen LogP contribution in [0.2, 0.25) is 0 Å². The molecule has 1 aromatic rings. The van der Waals surface area contributed by atoms with E-state index in [1.54, 1.807) is 4.98 Å². The summed E-state index contributed by atoms with van der Waals surface area (Å²) in [6.07, 6.45) is -1.94. The van der Waals surface area contributed by atoms with Crippen molar-refractivity contribution >= 4 is 5.97 Å². The number of aliphatic hydroxyl groups is 1. The number of hydrogen-bond donors (Lipinski definition) is 2. The van der Waals surface area contributed by atoms with E-state index in [-0.39, 0.29) is 6.42 Å². The van der Waals surface area contributed by atoms with Gasteiger partial charge in [-0.25, -0.2) is 9.59 Å². The fourth-order valence-electron chi connectivity index (χ4n) is 1.94. The van der Waals surface area contributed by atoms with Gasteiger partial charge in [-0.2, -0.15) is 9.28 Å². The van der Waals surface area contributed by atoms with Gasteiger partial charge in [-0.05, 0) is 0 Å². The summed E-state index contributed by atoms with van der Waals surface area (Å²) in [6, 6.07) is 0. The first-order chi connectivity index (χ1) is 9.92. The molecule has 1 unspecified atom stereocenters. The van der Waals surface area contributed by atoms with Gasteiger partial charge >= 0.3 is 11.7 Å². The van der Waals surface area contributed by atoms with Gasteiger partial charge < -0.3 is 9.84 Å². The van der Waals surface area contributed by atoms with Gasteiger partial charge in [0.2, 0.25) is 5.82 Å². The van der Waals surface area contributed by atoms with Crippen LogP contribution < -0.4 is 11.2 Å². The second kappa shape index (κ2) is 6.16. The molecule has 21 heavy (non-hydrogen) atoms. The Bertz CT molecular complexity index is 640. The Hall–Kier alpha value is -2.04. The van der Waals surface area contributed by atoms with Crippen molar-refractivity contribution in [3.8, 4) is 0 Å². The van der Waals surface area contributed by atoms with E-state index in [1.807, 2.05) is 0 Å². The summed E-state index contributed by atoms with van der Waals surface area (Å²) in [7, 11) is 0. The van der Waals surface area contributed by atoms with Crippen molar-refractivity contribution in [3.63, 3.8) is 0 Å². The minimum atomic E-state index is -1.15. The minimum absolute atomic E-state index is 0.0178. The quantitative estimate of drug-likeness (QED) is 0.530. The van der Waals surface area contributed by atoms with Crippen LogP contribution in [0.15, 0.2) is 15.8 Å². The van der Waals surface area contributed by atoms with Crippen molar-refractivity contribution in [1.29, 1.82) is 0 Å². The molecule has 3 atom stereocenters. The molecule has 0 aromatic carbocycles. The van der Waals surface area contributed by atoms with E-state index in [0.717, 1.165) is 11.5 Å². The second-order valence-corrected chi connectivity index (χ2v) is 4.40. The molecule has 2 rings (SSSR count). The van der Waals surface area contributed by atoms with Gasteiger partial charge in [0.1, 0.15) is 18.4 Å². The maximum atomic E-state index is 13.2. The highest BCUT2D eigenvalue weighted by molar-refractivity contribution is 5.65. The maximum Gasteiger partial charge on any atom is 0.339 e. The molecule has 0 aliphatic carbocycles. The molecular weight excluding hydrogens is 291 g/mol. The number of aromatic amines is 1. The molecule has 0 bridgehead atoms. The van der Waals surface area contributed by atoms with Crippen molar-refractivity contribution in [1.82, 2.24) is 9.55 Å². The molecule has 0 spiro atoms. The van der Waals surface area contributed by atoms with Gasteiger partial charge in [-0.1, -0.05) is 0 Å². The van der Waals surface area contributed by atoms with E-state index in [0.29, 0.717) is 6.20 Å². The number of carbonyl (C=O) groups excluding carboxylic acids is 1. The van der Waals surface area contributed by atoms with Crippen molar-refractivity contribution in [2.75, 3.05) is 6.61 Å². The third-order valence-electron chi connectivity index (χ3n) is 2.88. The number of aromatic nitrogens is 2. The number of hydrogen-bond acceptors (Lipinski definition) is 7.